The molecule has 16 heavy (non-hydrogen) atoms. The van der Waals surface area contributed by atoms with E-state index >= 15 is 0 Å². The Balaban J connectivity index is 1.85. The van der Waals surface area contributed by atoms with Gasteiger partial charge in [0.2, 0.25) is 0 Å². The van der Waals surface area contributed by atoms with Crippen molar-refractivity contribution in [3.63, 3.8) is 0 Å². The van der Waals surface area contributed by atoms with Gasteiger partial charge in [0.1, 0.15) is 0 Å². The number of benzene rings is 1. The maximum atomic E-state index is 6.00. The van der Waals surface area contributed by atoms with Gasteiger partial charge in [-0.25, -0.2) is 0 Å². The van der Waals surface area contributed by atoms with Crippen LogP contribution in [0.25, 0.3) is 0 Å². The topological polar surface area (TPSA) is 26.0 Å². The molecule has 1 nitrogen and oxygen atoms in total. The zero-order chi connectivity index (χ0) is 11.0. The first kappa shape index (κ1) is 10.3. The molecule has 2 N–H and O–H groups in total. The van der Waals surface area contributed by atoms with Gasteiger partial charge in [-0.05, 0) is 67.6 Å². The SMILES string of the molecule is NC1CCC(c2ccc3c(c2)CCCC3)C1. The van der Waals surface area contributed by atoms with E-state index in [0.29, 0.717) is 6.04 Å². The van der Waals surface area contributed by atoms with Crippen molar-refractivity contribution in [2.45, 2.75) is 56.9 Å². The van der Waals surface area contributed by atoms with Gasteiger partial charge in [-0.1, -0.05) is 18.2 Å². The van der Waals surface area contributed by atoms with E-state index in [1.54, 1.807) is 16.7 Å². The quantitative estimate of drug-likeness (QED) is 0.765. The number of rotatable bonds is 1. The molecule has 2 unspecified atom stereocenters. The van der Waals surface area contributed by atoms with E-state index in [9.17, 15) is 0 Å². The number of hydrogen-bond acceptors (Lipinski definition) is 1. The van der Waals surface area contributed by atoms with E-state index < -0.39 is 0 Å². The minimum Gasteiger partial charge on any atom is -0.328 e. The summed E-state index contributed by atoms with van der Waals surface area (Å²) in [7, 11) is 0. The van der Waals surface area contributed by atoms with Gasteiger partial charge in [-0.2, -0.15) is 0 Å². The smallest absolute Gasteiger partial charge is 0.00448 e. The second kappa shape index (κ2) is 4.21. The van der Waals surface area contributed by atoms with Gasteiger partial charge < -0.3 is 5.73 Å². The molecule has 0 aliphatic heterocycles. The molecule has 0 aromatic heterocycles. The van der Waals surface area contributed by atoms with Crippen molar-refractivity contribution < 1.29 is 0 Å². The van der Waals surface area contributed by atoms with Gasteiger partial charge in [0.25, 0.3) is 0 Å². The summed E-state index contributed by atoms with van der Waals surface area (Å²) < 4.78 is 0. The van der Waals surface area contributed by atoms with Crippen LogP contribution in [0.5, 0.6) is 0 Å². The lowest BCUT2D eigenvalue weighted by Crippen LogP contribution is -2.14. The number of aryl methyl sites for hydroxylation is 2. The Bertz CT molecular complexity index is 383. The van der Waals surface area contributed by atoms with Crippen LogP contribution < -0.4 is 5.73 Å². The van der Waals surface area contributed by atoms with Crippen LogP contribution in [0.2, 0.25) is 0 Å². The lowest BCUT2D eigenvalue weighted by molar-refractivity contribution is 0.663. The predicted octanol–water partition coefficient (Wildman–Crippen LogP) is 3.16. The van der Waals surface area contributed by atoms with Gasteiger partial charge in [0, 0.05) is 6.04 Å². The first-order valence-corrected chi connectivity index (χ1v) is 6.70. The summed E-state index contributed by atoms with van der Waals surface area (Å²) >= 11 is 0. The molecule has 3 rings (SSSR count). The highest BCUT2D eigenvalue weighted by atomic mass is 14.6. The first-order valence-electron chi connectivity index (χ1n) is 6.70. The molecule has 2 aliphatic rings. The van der Waals surface area contributed by atoms with Gasteiger partial charge in [0.15, 0.2) is 0 Å². The zero-order valence-electron chi connectivity index (χ0n) is 9.91. The second-order valence-electron chi connectivity index (χ2n) is 5.51. The van der Waals surface area contributed by atoms with Crippen LogP contribution in [0.15, 0.2) is 18.2 Å². The molecule has 1 fully saturated rings. The van der Waals surface area contributed by atoms with Gasteiger partial charge in [0.05, 0.1) is 0 Å². The third-order valence-corrected chi connectivity index (χ3v) is 4.32. The Morgan fingerprint density at radius 2 is 1.81 bits per heavy atom. The molecular weight excluding hydrogens is 194 g/mol. The molecule has 0 radical (unpaired) electrons. The molecule has 0 saturated heterocycles. The summed E-state index contributed by atoms with van der Waals surface area (Å²) in [5.41, 5.74) is 10.8. The molecule has 1 aromatic rings. The highest BCUT2D eigenvalue weighted by Gasteiger charge is 2.23. The summed E-state index contributed by atoms with van der Waals surface area (Å²) in [6, 6.07) is 7.64. The summed E-state index contributed by atoms with van der Waals surface area (Å²) in [4.78, 5) is 0. The molecule has 2 atom stereocenters. The van der Waals surface area contributed by atoms with E-state index in [4.69, 9.17) is 5.73 Å². The van der Waals surface area contributed by atoms with E-state index in [-0.39, 0.29) is 0 Å². The minimum atomic E-state index is 0.445. The Labute approximate surface area is 98.0 Å². The third-order valence-electron chi connectivity index (χ3n) is 4.32. The van der Waals surface area contributed by atoms with Gasteiger partial charge >= 0.3 is 0 Å². The lowest BCUT2D eigenvalue weighted by atomic mass is 9.87. The maximum absolute atomic E-state index is 6.00. The highest BCUT2D eigenvalue weighted by Crippen LogP contribution is 2.35. The summed E-state index contributed by atoms with van der Waals surface area (Å²) in [5, 5.41) is 0. The van der Waals surface area contributed by atoms with Crippen molar-refractivity contribution in [2.75, 3.05) is 0 Å². The Morgan fingerprint density at radius 1 is 1.00 bits per heavy atom. The molecular formula is C15H21N. The average molecular weight is 215 g/mol. The predicted molar refractivity (Wildman–Crippen MR) is 67.7 cm³/mol. The molecule has 0 amide bonds. The zero-order valence-corrected chi connectivity index (χ0v) is 9.91. The molecule has 0 heterocycles. The molecule has 2 aliphatic carbocycles. The molecule has 0 bridgehead atoms. The Morgan fingerprint density at radius 3 is 2.56 bits per heavy atom. The van der Waals surface area contributed by atoms with Crippen LogP contribution in [0, 0.1) is 0 Å². The van der Waals surface area contributed by atoms with E-state index in [1.807, 2.05) is 0 Å². The van der Waals surface area contributed by atoms with Crippen LogP contribution >= 0.6 is 0 Å². The monoisotopic (exact) mass is 215 g/mol. The van der Waals surface area contributed by atoms with Crippen molar-refractivity contribution in [3.8, 4) is 0 Å². The van der Waals surface area contributed by atoms with Crippen LogP contribution in [0.1, 0.15) is 54.7 Å². The largest absolute Gasteiger partial charge is 0.328 e. The molecule has 1 heteroatoms. The van der Waals surface area contributed by atoms with Crippen molar-refractivity contribution in [2.24, 2.45) is 5.73 Å². The lowest BCUT2D eigenvalue weighted by Gasteiger charge is -2.18. The van der Waals surface area contributed by atoms with Crippen LogP contribution in [-0.4, -0.2) is 6.04 Å². The fourth-order valence-electron chi connectivity index (χ4n) is 3.33. The molecule has 86 valence electrons. The standard InChI is InChI=1S/C15H21N/c16-15-8-7-14(10-15)13-6-5-11-3-1-2-4-12(11)9-13/h5-6,9,14-15H,1-4,7-8,10,16H2. The van der Waals surface area contributed by atoms with E-state index in [2.05, 4.69) is 18.2 Å². The van der Waals surface area contributed by atoms with Crippen molar-refractivity contribution in [1.29, 1.82) is 0 Å². The minimum absolute atomic E-state index is 0.445. The third kappa shape index (κ3) is 1.89. The fraction of sp³-hybridized carbons (Fsp3) is 0.600. The number of hydrogen-bond donors (Lipinski definition) is 1. The summed E-state index contributed by atoms with van der Waals surface area (Å²) in [5.74, 6) is 0.738. The van der Waals surface area contributed by atoms with Crippen LogP contribution in [0.4, 0.5) is 0 Å². The Hall–Kier alpha value is -0.820. The van der Waals surface area contributed by atoms with Crippen molar-refractivity contribution >= 4 is 0 Å². The Kier molecular flexibility index (Phi) is 2.72. The first-order chi connectivity index (χ1) is 7.83. The highest BCUT2D eigenvalue weighted by molar-refractivity contribution is 5.35. The molecule has 1 aromatic carbocycles. The normalized spacial score (nSPS) is 29.1. The average Bonchev–Trinajstić information content (AvgIpc) is 2.75. The van der Waals surface area contributed by atoms with Gasteiger partial charge in [-0.3, -0.25) is 0 Å². The summed E-state index contributed by atoms with van der Waals surface area (Å²) in [6.45, 7) is 0. The number of nitrogens with two attached hydrogens (primary N) is 1. The van der Waals surface area contributed by atoms with Crippen LogP contribution in [0.3, 0.4) is 0 Å². The van der Waals surface area contributed by atoms with Crippen molar-refractivity contribution in [3.05, 3.63) is 34.9 Å². The fourth-order valence-corrected chi connectivity index (χ4v) is 3.33. The van der Waals surface area contributed by atoms with Gasteiger partial charge in [-0.15, -0.1) is 0 Å². The molecule has 0 spiro atoms. The number of fused-ring (bicyclic) bond motifs is 1. The molecule has 1 saturated carbocycles. The van der Waals surface area contributed by atoms with Crippen LogP contribution in [-0.2, 0) is 12.8 Å². The van der Waals surface area contributed by atoms with E-state index in [1.165, 1.54) is 44.9 Å². The van der Waals surface area contributed by atoms with Crippen molar-refractivity contribution in [1.82, 2.24) is 0 Å². The second-order valence-corrected chi connectivity index (χ2v) is 5.51. The summed E-state index contributed by atoms with van der Waals surface area (Å²) in [6.07, 6.45) is 9.03. The maximum Gasteiger partial charge on any atom is 0.00448 e. The van der Waals surface area contributed by atoms with E-state index in [0.717, 1.165) is 5.92 Å².